The minimum absolute atomic E-state index is 0.146. The van der Waals surface area contributed by atoms with E-state index >= 15 is 0 Å². The minimum atomic E-state index is -0.188. The Balaban J connectivity index is 3.01. The molecule has 0 aliphatic heterocycles. The van der Waals surface area contributed by atoms with Gasteiger partial charge in [0.05, 0.1) is 13.7 Å². The number of hydrogen-bond acceptors (Lipinski definition) is 3. The Kier molecular flexibility index (Phi) is 4.90. The van der Waals surface area contributed by atoms with Crippen LogP contribution in [0.2, 0.25) is 0 Å². The lowest BCUT2D eigenvalue weighted by molar-refractivity contribution is 0.265. The molecule has 0 bridgehead atoms. The van der Waals surface area contributed by atoms with Gasteiger partial charge >= 0.3 is 0 Å². The number of benzene rings is 1. The third kappa shape index (κ3) is 3.93. The average Bonchev–Trinajstić information content (AvgIpc) is 2.29. The molecule has 2 nitrogen and oxygen atoms in total. The van der Waals surface area contributed by atoms with E-state index in [0.717, 1.165) is 10.6 Å². The van der Waals surface area contributed by atoms with Crippen LogP contribution in [-0.4, -0.2) is 23.6 Å². The van der Waals surface area contributed by atoms with E-state index in [1.165, 1.54) is 5.56 Å². The van der Waals surface area contributed by atoms with E-state index < -0.39 is 0 Å². The highest BCUT2D eigenvalue weighted by atomic mass is 32.2. The molecular weight excluding hydrogens is 232 g/mol. The zero-order chi connectivity index (χ0) is 13.1. The molecule has 0 saturated heterocycles. The van der Waals surface area contributed by atoms with Crippen LogP contribution in [0.25, 0.3) is 0 Å². The maximum absolute atomic E-state index is 9.30. The second-order valence-corrected chi connectivity index (χ2v) is 6.83. The normalized spacial score (nSPS) is 11.9. The van der Waals surface area contributed by atoms with E-state index in [-0.39, 0.29) is 11.4 Å². The van der Waals surface area contributed by atoms with Crippen molar-refractivity contribution in [3.8, 4) is 5.75 Å². The molecule has 3 heteroatoms. The average molecular weight is 254 g/mol. The molecule has 0 aromatic heterocycles. The number of methoxy groups -OCH3 is 1. The van der Waals surface area contributed by atoms with Gasteiger partial charge in [0.25, 0.3) is 0 Å². The summed E-state index contributed by atoms with van der Waals surface area (Å²) in [5.41, 5.74) is 1.27. The van der Waals surface area contributed by atoms with Gasteiger partial charge in [-0.05, 0) is 37.5 Å². The smallest absolute Gasteiger partial charge is 0.132 e. The summed E-state index contributed by atoms with van der Waals surface area (Å²) in [6.07, 6.45) is 0. The van der Waals surface area contributed by atoms with Crippen LogP contribution < -0.4 is 4.74 Å². The predicted octanol–water partition coefficient (Wildman–Crippen LogP) is 3.68. The third-order valence-electron chi connectivity index (χ3n) is 2.62. The first-order chi connectivity index (χ1) is 7.89. The van der Waals surface area contributed by atoms with Crippen LogP contribution in [0.15, 0.2) is 23.1 Å². The highest BCUT2D eigenvalue weighted by molar-refractivity contribution is 8.00. The first kappa shape index (κ1) is 14.4. The number of thioether (sulfide) groups is 1. The first-order valence-electron chi connectivity index (χ1n) is 5.87. The van der Waals surface area contributed by atoms with Crippen molar-refractivity contribution in [3.63, 3.8) is 0 Å². The van der Waals surface area contributed by atoms with E-state index in [1.807, 2.05) is 13.8 Å². The summed E-state index contributed by atoms with van der Waals surface area (Å²) < 4.78 is 5.24. The highest BCUT2D eigenvalue weighted by Gasteiger charge is 2.20. The molecule has 0 fully saturated rings. The Morgan fingerprint density at radius 2 is 2.00 bits per heavy atom. The third-order valence-corrected chi connectivity index (χ3v) is 3.86. The number of hydrogen-bond donors (Lipinski definition) is 1. The van der Waals surface area contributed by atoms with Crippen LogP contribution in [0, 0.1) is 0 Å². The van der Waals surface area contributed by atoms with Crippen molar-refractivity contribution in [1.29, 1.82) is 0 Å². The fourth-order valence-electron chi connectivity index (χ4n) is 1.46. The standard InChI is InChI=1S/C14H22O2S/c1-10(2)11-6-7-13(12(8-11)16-5)17-14(3,4)9-15/h6-8,10,15H,9H2,1-5H3. The Hall–Kier alpha value is -0.670. The number of rotatable bonds is 5. The molecule has 96 valence electrons. The highest BCUT2D eigenvalue weighted by Crippen LogP contribution is 2.39. The van der Waals surface area contributed by atoms with Gasteiger partial charge in [-0.2, -0.15) is 0 Å². The topological polar surface area (TPSA) is 29.5 Å². The molecule has 0 amide bonds. The van der Waals surface area contributed by atoms with Gasteiger partial charge in [0.15, 0.2) is 0 Å². The molecule has 0 aliphatic rings. The van der Waals surface area contributed by atoms with E-state index in [9.17, 15) is 5.11 Å². The Bertz CT molecular complexity index is 372. The van der Waals surface area contributed by atoms with Gasteiger partial charge in [-0.25, -0.2) is 0 Å². The molecule has 0 spiro atoms. The van der Waals surface area contributed by atoms with Gasteiger partial charge in [-0.15, -0.1) is 11.8 Å². The van der Waals surface area contributed by atoms with Crippen molar-refractivity contribution in [2.24, 2.45) is 0 Å². The molecule has 1 aromatic rings. The van der Waals surface area contributed by atoms with Crippen molar-refractivity contribution in [2.75, 3.05) is 13.7 Å². The summed E-state index contributed by atoms with van der Waals surface area (Å²) in [5.74, 6) is 1.39. The Morgan fingerprint density at radius 1 is 1.35 bits per heavy atom. The monoisotopic (exact) mass is 254 g/mol. The maximum Gasteiger partial charge on any atom is 0.132 e. The summed E-state index contributed by atoms with van der Waals surface area (Å²) in [7, 11) is 1.69. The molecule has 0 atom stereocenters. The predicted molar refractivity (Wildman–Crippen MR) is 74.1 cm³/mol. The molecule has 0 radical (unpaired) electrons. The van der Waals surface area contributed by atoms with Gasteiger partial charge in [0, 0.05) is 9.64 Å². The van der Waals surface area contributed by atoms with E-state index in [2.05, 4.69) is 32.0 Å². The number of aliphatic hydroxyl groups is 1. The Labute approximate surface area is 108 Å². The van der Waals surface area contributed by atoms with Gasteiger partial charge in [-0.1, -0.05) is 19.9 Å². The van der Waals surface area contributed by atoms with Crippen LogP contribution in [0.4, 0.5) is 0 Å². The first-order valence-corrected chi connectivity index (χ1v) is 6.69. The van der Waals surface area contributed by atoms with E-state index in [0.29, 0.717) is 5.92 Å². The van der Waals surface area contributed by atoms with Crippen molar-refractivity contribution in [1.82, 2.24) is 0 Å². The van der Waals surface area contributed by atoms with Gasteiger partial charge < -0.3 is 9.84 Å². The number of ether oxygens (including phenoxy) is 1. The molecule has 1 rings (SSSR count). The largest absolute Gasteiger partial charge is 0.496 e. The molecule has 1 N–H and O–H groups in total. The van der Waals surface area contributed by atoms with Gasteiger partial charge in [-0.3, -0.25) is 0 Å². The lowest BCUT2D eigenvalue weighted by Crippen LogP contribution is -2.19. The van der Waals surface area contributed by atoms with E-state index in [4.69, 9.17) is 4.74 Å². The zero-order valence-electron chi connectivity index (χ0n) is 11.3. The minimum Gasteiger partial charge on any atom is -0.496 e. The summed E-state index contributed by atoms with van der Waals surface area (Å²) in [6.45, 7) is 8.52. The molecule has 0 saturated carbocycles. The maximum atomic E-state index is 9.30. The van der Waals surface area contributed by atoms with Gasteiger partial charge in [0.1, 0.15) is 5.75 Å². The summed E-state index contributed by atoms with van der Waals surface area (Å²) in [6, 6.07) is 6.29. The fourth-order valence-corrected chi connectivity index (χ4v) is 2.50. The van der Waals surface area contributed by atoms with Crippen LogP contribution in [0.3, 0.4) is 0 Å². The molecular formula is C14H22O2S. The Morgan fingerprint density at radius 3 is 2.47 bits per heavy atom. The number of aliphatic hydroxyl groups excluding tert-OH is 1. The zero-order valence-corrected chi connectivity index (χ0v) is 12.1. The lowest BCUT2D eigenvalue weighted by Gasteiger charge is -2.22. The summed E-state index contributed by atoms with van der Waals surface area (Å²) in [5, 5.41) is 9.30. The van der Waals surface area contributed by atoms with Crippen molar-refractivity contribution < 1.29 is 9.84 Å². The lowest BCUT2D eigenvalue weighted by atomic mass is 10.0. The summed E-state index contributed by atoms with van der Waals surface area (Å²) in [4.78, 5) is 1.08. The van der Waals surface area contributed by atoms with Crippen molar-refractivity contribution in [2.45, 2.75) is 43.3 Å². The van der Waals surface area contributed by atoms with E-state index in [1.54, 1.807) is 18.9 Å². The fraction of sp³-hybridized carbons (Fsp3) is 0.571. The van der Waals surface area contributed by atoms with Gasteiger partial charge in [0.2, 0.25) is 0 Å². The van der Waals surface area contributed by atoms with Crippen molar-refractivity contribution in [3.05, 3.63) is 23.8 Å². The second kappa shape index (κ2) is 5.78. The van der Waals surface area contributed by atoms with Crippen LogP contribution >= 0.6 is 11.8 Å². The van der Waals surface area contributed by atoms with Crippen LogP contribution in [0.1, 0.15) is 39.2 Å². The van der Waals surface area contributed by atoms with Crippen LogP contribution in [-0.2, 0) is 0 Å². The molecule has 1 aromatic carbocycles. The van der Waals surface area contributed by atoms with Crippen LogP contribution in [0.5, 0.6) is 5.75 Å². The quantitative estimate of drug-likeness (QED) is 0.813. The SMILES string of the molecule is COc1cc(C(C)C)ccc1SC(C)(C)CO. The molecule has 17 heavy (non-hydrogen) atoms. The second-order valence-electron chi connectivity index (χ2n) is 5.08. The summed E-state index contributed by atoms with van der Waals surface area (Å²) >= 11 is 1.64. The van der Waals surface area contributed by atoms with Crippen molar-refractivity contribution >= 4 is 11.8 Å². The molecule has 0 heterocycles. The molecule has 0 unspecified atom stereocenters. The molecule has 0 aliphatic carbocycles.